The molecule has 3 aromatic rings. The maximum atomic E-state index is 14.5. The zero-order valence-electron chi connectivity index (χ0n) is 14.9. The average Bonchev–Trinajstić information content (AvgIpc) is 3.36. The van der Waals surface area contributed by atoms with E-state index in [4.69, 9.17) is 0 Å². The van der Waals surface area contributed by atoms with Crippen LogP contribution in [0.4, 0.5) is 15.9 Å². The third-order valence-electron chi connectivity index (χ3n) is 4.72. The van der Waals surface area contributed by atoms with Gasteiger partial charge in [-0.1, -0.05) is 6.07 Å². The van der Waals surface area contributed by atoms with E-state index in [1.54, 1.807) is 12.3 Å². The summed E-state index contributed by atoms with van der Waals surface area (Å²) in [4.78, 5) is 7.67. The van der Waals surface area contributed by atoms with Crippen LogP contribution < -0.4 is 10.0 Å². The molecule has 3 N–H and O–H groups in total. The van der Waals surface area contributed by atoms with Crippen LogP contribution in [0.25, 0.3) is 22.2 Å². The molecule has 0 saturated heterocycles. The highest BCUT2D eigenvalue weighted by atomic mass is 32.2. The molecule has 2 heterocycles. The summed E-state index contributed by atoms with van der Waals surface area (Å²) in [7, 11) is -3.53. The van der Waals surface area contributed by atoms with Gasteiger partial charge in [0.2, 0.25) is 10.0 Å². The second kappa shape index (κ2) is 6.84. The van der Waals surface area contributed by atoms with Crippen LogP contribution in [-0.4, -0.2) is 30.7 Å². The van der Waals surface area contributed by atoms with Crippen molar-refractivity contribution in [2.75, 3.05) is 22.3 Å². The number of halogens is 1. The summed E-state index contributed by atoms with van der Waals surface area (Å²) in [6.45, 7) is 2.38. The van der Waals surface area contributed by atoms with Crippen LogP contribution in [0.3, 0.4) is 0 Å². The number of pyridine rings is 1. The number of benzene rings is 1. The summed E-state index contributed by atoms with van der Waals surface area (Å²) in [6, 6.07) is 8.31. The minimum absolute atomic E-state index is 0.0490. The Hall–Kier alpha value is -2.61. The lowest BCUT2D eigenvalue weighted by Gasteiger charge is -2.11. The van der Waals surface area contributed by atoms with Crippen molar-refractivity contribution in [2.45, 2.75) is 19.8 Å². The number of sulfonamides is 1. The van der Waals surface area contributed by atoms with Crippen LogP contribution in [0.1, 0.15) is 19.8 Å². The average molecular weight is 388 g/mol. The van der Waals surface area contributed by atoms with Gasteiger partial charge in [-0.25, -0.2) is 17.8 Å². The second-order valence-corrected chi connectivity index (χ2v) is 8.83. The Bertz CT molecular complexity index is 1090. The first-order chi connectivity index (χ1) is 12.9. The van der Waals surface area contributed by atoms with Gasteiger partial charge in [-0.15, -0.1) is 0 Å². The molecule has 1 aliphatic rings. The highest BCUT2D eigenvalue weighted by Crippen LogP contribution is 2.33. The van der Waals surface area contributed by atoms with Gasteiger partial charge in [-0.2, -0.15) is 0 Å². The molecular weight excluding hydrogens is 367 g/mol. The lowest BCUT2D eigenvalue weighted by atomic mass is 10.0. The quantitative estimate of drug-likeness (QED) is 0.572. The largest absolute Gasteiger partial charge is 0.370 e. The molecule has 142 valence electrons. The zero-order valence-corrected chi connectivity index (χ0v) is 15.7. The van der Waals surface area contributed by atoms with Crippen molar-refractivity contribution in [3.05, 3.63) is 42.3 Å². The highest BCUT2D eigenvalue weighted by molar-refractivity contribution is 7.92. The maximum absolute atomic E-state index is 14.5. The molecule has 0 unspecified atom stereocenters. The minimum atomic E-state index is -3.53. The number of hydrogen-bond acceptors (Lipinski definition) is 4. The number of aromatic amines is 1. The van der Waals surface area contributed by atoms with Crippen molar-refractivity contribution in [3.8, 4) is 11.1 Å². The summed E-state index contributed by atoms with van der Waals surface area (Å²) < 4.78 is 40.2. The van der Waals surface area contributed by atoms with Crippen LogP contribution >= 0.6 is 0 Å². The minimum Gasteiger partial charge on any atom is -0.370 e. The van der Waals surface area contributed by atoms with Crippen molar-refractivity contribution in [3.63, 3.8) is 0 Å². The van der Waals surface area contributed by atoms with Crippen LogP contribution in [0.2, 0.25) is 0 Å². The lowest BCUT2D eigenvalue weighted by molar-refractivity contribution is 0.599. The molecular formula is C19H21FN4O2S. The van der Waals surface area contributed by atoms with Gasteiger partial charge in [0.1, 0.15) is 17.3 Å². The van der Waals surface area contributed by atoms with E-state index < -0.39 is 15.8 Å². The molecule has 2 aromatic heterocycles. The maximum Gasteiger partial charge on any atom is 0.232 e. The third-order valence-corrected chi connectivity index (χ3v) is 6.01. The first-order valence-electron chi connectivity index (χ1n) is 8.97. The first kappa shape index (κ1) is 17.8. The number of fused-ring (bicyclic) bond motifs is 1. The van der Waals surface area contributed by atoms with Gasteiger partial charge in [0.25, 0.3) is 0 Å². The number of H-pyrrole nitrogens is 1. The van der Waals surface area contributed by atoms with E-state index in [-0.39, 0.29) is 11.4 Å². The summed E-state index contributed by atoms with van der Waals surface area (Å²) in [6.07, 6.45) is 4.28. The van der Waals surface area contributed by atoms with E-state index in [0.29, 0.717) is 11.5 Å². The molecule has 0 aliphatic heterocycles. The summed E-state index contributed by atoms with van der Waals surface area (Å²) in [5.41, 5.74) is 2.17. The molecule has 1 aliphatic carbocycles. The summed E-state index contributed by atoms with van der Waals surface area (Å²) in [5, 5.41) is 4.23. The molecule has 0 bridgehead atoms. The van der Waals surface area contributed by atoms with Crippen LogP contribution in [-0.2, 0) is 10.0 Å². The van der Waals surface area contributed by atoms with Gasteiger partial charge in [-0.05, 0) is 61.1 Å². The van der Waals surface area contributed by atoms with Crippen molar-refractivity contribution in [2.24, 2.45) is 5.92 Å². The van der Waals surface area contributed by atoms with Crippen molar-refractivity contribution in [1.29, 1.82) is 0 Å². The van der Waals surface area contributed by atoms with Crippen molar-refractivity contribution in [1.82, 2.24) is 9.97 Å². The van der Waals surface area contributed by atoms with Crippen LogP contribution in [0.5, 0.6) is 0 Å². The van der Waals surface area contributed by atoms with Gasteiger partial charge >= 0.3 is 0 Å². The standard InChI is InChI=1S/C19H21FN4O2S/c1-2-27(25,26)24-17-6-5-13(9-16(17)20)15-10-18(22-11-12-3-4-12)23-19-14(15)7-8-21-19/h5-10,12,24H,2-4,11H2,1H3,(H2,21,22,23). The Morgan fingerprint density at radius 1 is 1.26 bits per heavy atom. The fraction of sp³-hybridized carbons (Fsp3) is 0.316. The smallest absolute Gasteiger partial charge is 0.232 e. The second-order valence-electron chi connectivity index (χ2n) is 6.82. The van der Waals surface area contributed by atoms with E-state index in [0.717, 1.165) is 29.0 Å². The summed E-state index contributed by atoms with van der Waals surface area (Å²) in [5.74, 6) is 0.719. The zero-order chi connectivity index (χ0) is 19.0. The SMILES string of the molecule is CCS(=O)(=O)Nc1ccc(-c2cc(NCC3CC3)nc3[nH]ccc23)cc1F. The Balaban J connectivity index is 1.70. The predicted molar refractivity (Wildman–Crippen MR) is 106 cm³/mol. The molecule has 1 saturated carbocycles. The summed E-state index contributed by atoms with van der Waals surface area (Å²) >= 11 is 0. The third kappa shape index (κ3) is 3.90. The van der Waals surface area contributed by atoms with E-state index >= 15 is 0 Å². The Labute approximate surface area is 157 Å². The van der Waals surface area contributed by atoms with Crippen LogP contribution in [0.15, 0.2) is 36.5 Å². The Kier molecular flexibility index (Phi) is 4.51. The first-order valence-corrected chi connectivity index (χ1v) is 10.6. The molecule has 0 atom stereocenters. The monoisotopic (exact) mass is 388 g/mol. The van der Waals surface area contributed by atoms with Crippen LogP contribution in [0, 0.1) is 11.7 Å². The predicted octanol–water partition coefficient (Wildman–Crippen LogP) is 3.95. The van der Waals surface area contributed by atoms with Gasteiger partial charge in [0.15, 0.2) is 0 Å². The topological polar surface area (TPSA) is 86.9 Å². The molecule has 0 spiro atoms. The highest BCUT2D eigenvalue weighted by Gasteiger charge is 2.21. The molecule has 0 radical (unpaired) electrons. The van der Waals surface area contributed by atoms with E-state index in [2.05, 4.69) is 20.0 Å². The van der Waals surface area contributed by atoms with Gasteiger partial charge in [0.05, 0.1) is 11.4 Å². The fourth-order valence-corrected chi connectivity index (χ4v) is 3.59. The van der Waals surface area contributed by atoms with E-state index in [1.165, 1.54) is 31.9 Å². The molecule has 27 heavy (non-hydrogen) atoms. The molecule has 8 heteroatoms. The molecule has 1 fully saturated rings. The number of hydrogen-bond donors (Lipinski definition) is 3. The van der Waals surface area contributed by atoms with Gasteiger partial charge in [0, 0.05) is 18.1 Å². The molecule has 0 amide bonds. The number of anilines is 2. The van der Waals surface area contributed by atoms with Crippen molar-refractivity contribution < 1.29 is 12.8 Å². The number of rotatable bonds is 7. The van der Waals surface area contributed by atoms with Gasteiger partial charge in [-0.3, -0.25) is 4.72 Å². The number of nitrogens with zero attached hydrogens (tertiary/aromatic N) is 1. The molecule has 4 rings (SSSR count). The molecule has 1 aromatic carbocycles. The van der Waals surface area contributed by atoms with Gasteiger partial charge < -0.3 is 10.3 Å². The Morgan fingerprint density at radius 2 is 2.07 bits per heavy atom. The lowest BCUT2D eigenvalue weighted by Crippen LogP contribution is -2.15. The number of nitrogens with one attached hydrogen (secondary N) is 3. The normalized spacial score (nSPS) is 14.4. The fourth-order valence-electron chi connectivity index (χ4n) is 2.94. The Morgan fingerprint density at radius 3 is 2.78 bits per heavy atom. The molecule has 6 nitrogen and oxygen atoms in total. The van der Waals surface area contributed by atoms with E-state index in [1.807, 2.05) is 12.1 Å². The van der Waals surface area contributed by atoms with Crippen molar-refractivity contribution >= 4 is 32.6 Å². The number of aromatic nitrogens is 2. The van der Waals surface area contributed by atoms with E-state index in [9.17, 15) is 12.8 Å².